The van der Waals surface area contributed by atoms with Crippen molar-refractivity contribution in [2.75, 3.05) is 39.9 Å². The van der Waals surface area contributed by atoms with Gasteiger partial charge in [0.1, 0.15) is 24.1 Å². The van der Waals surface area contributed by atoms with E-state index >= 15 is 8.78 Å². The van der Waals surface area contributed by atoms with Crippen molar-refractivity contribution in [3.63, 3.8) is 0 Å². The molecule has 5 nitrogen and oxygen atoms in total. The SMILES string of the molecule is CCCCN1CC([C@H](OC)c2cc(F)c([C@@H]3c4[nH]c5ccc(F)cc5c4C[C@@H](C)N3CC(F)(F)CO)c(F)c2)C1. The Bertz CT molecular complexity index is 1330. The number of halogens is 5. The number of hydrogen-bond acceptors (Lipinski definition) is 4. The van der Waals surface area contributed by atoms with Crippen LogP contribution in [0.5, 0.6) is 0 Å². The van der Waals surface area contributed by atoms with E-state index in [4.69, 9.17) is 4.74 Å². The second-order valence-corrected chi connectivity index (χ2v) is 11.3. The second kappa shape index (κ2) is 11.4. The molecule has 0 aliphatic carbocycles. The number of likely N-dealkylation sites (tertiary alicyclic amines) is 1. The molecule has 0 spiro atoms. The summed E-state index contributed by atoms with van der Waals surface area (Å²) in [6, 6.07) is 4.80. The number of aromatic amines is 1. The van der Waals surface area contributed by atoms with Gasteiger partial charge in [-0.15, -0.1) is 0 Å². The van der Waals surface area contributed by atoms with Gasteiger partial charge in [0.2, 0.25) is 0 Å². The third-order valence-corrected chi connectivity index (χ3v) is 8.42. The van der Waals surface area contributed by atoms with Gasteiger partial charge in [0, 0.05) is 54.3 Å². The zero-order valence-corrected chi connectivity index (χ0v) is 23.0. The molecule has 0 unspecified atom stereocenters. The average Bonchev–Trinajstić information content (AvgIpc) is 3.23. The molecule has 1 aromatic heterocycles. The van der Waals surface area contributed by atoms with E-state index in [9.17, 15) is 18.3 Å². The summed E-state index contributed by atoms with van der Waals surface area (Å²) in [5.41, 5.74) is 1.51. The van der Waals surface area contributed by atoms with Crippen LogP contribution < -0.4 is 0 Å². The number of ether oxygens (including phenoxy) is 1. The predicted octanol–water partition coefficient (Wildman–Crippen LogP) is 5.97. The Labute approximate surface area is 230 Å². The van der Waals surface area contributed by atoms with Crippen molar-refractivity contribution in [2.45, 2.75) is 57.2 Å². The maximum atomic E-state index is 16.0. The van der Waals surface area contributed by atoms with Gasteiger partial charge >= 0.3 is 0 Å². The van der Waals surface area contributed by atoms with Gasteiger partial charge in [-0.05, 0) is 67.8 Å². The molecule has 1 saturated heterocycles. The second-order valence-electron chi connectivity index (χ2n) is 11.3. The molecule has 10 heteroatoms. The Kier molecular flexibility index (Phi) is 8.25. The van der Waals surface area contributed by atoms with E-state index in [0.717, 1.165) is 32.5 Å². The van der Waals surface area contributed by atoms with Gasteiger partial charge in [0.15, 0.2) is 0 Å². The molecule has 0 amide bonds. The molecule has 2 aliphatic heterocycles. The van der Waals surface area contributed by atoms with Crippen LogP contribution in [0.2, 0.25) is 0 Å². The molecule has 2 N–H and O–H groups in total. The maximum Gasteiger partial charge on any atom is 0.283 e. The van der Waals surface area contributed by atoms with Gasteiger partial charge in [0.05, 0.1) is 18.7 Å². The number of benzene rings is 2. The Hall–Kier alpha value is -2.53. The molecule has 2 aromatic carbocycles. The van der Waals surface area contributed by atoms with E-state index in [0.29, 0.717) is 27.7 Å². The fraction of sp³-hybridized carbons (Fsp3) is 0.533. The molecule has 3 aromatic rings. The lowest BCUT2D eigenvalue weighted by Crippen LogP contribution is -2.50. The molecule has 1 fully saturated rings. The minimum absolute atomic E-state index is 0.0798. The third kappa shape index (κ3) is 5.38. The molecule has 3 atom stereocenters. The summed E-state index contributed by atoms with van der Waals surface area (Å²) in [6.45, 7) is 4.01. The predicted molar refractivity (Wildman–Crippen MR) is 143 cm³/mol. The van der Waals surface area contributed by atoms with Crippen LogP contribution in [0.1, 0.15) is 61.2 Å². The number of aliphatic hydroxyl groups excluding tert-OH is 1. The monoisotopic (exact) mass is 565 g/mol. The van der Waals surface area contributed by atoms with Crippen molar-refractivity contribution in [1.82, 2.24) is 14.8 Å². The van der Waals surface area contributed by atoms with Crippen LogP contribution >= 0.6 is 0 Å². The summed E-state index contributed by atoms with van der Waals surface area (Å²) in [5, 5.41) is 9.85. The van der Waals surface area contributed by atoms with Crippen molar-refractivity contribution in [3.8, 4) is 0 Å². The van der Waals surface area contributed by atoms with Crippen molar-refractivity contribution in [2.24, 2.45) is 5.92 Å². The first-order chi connectivity index (χ1) is 19.1. The van der Waals surface area contributed by atoms with Gasteiger partial charge in [-0.1, -0.05) is 13.3 Å². The molecule has 3 heterocycles. The van der Waals surface area contributed by atoms with Crippen LogP contribution in [0, 0.1) is 23.4 Å². The Morgan fingerprint density at radius 2 is 1.82 bits per heavy atom. The summed E-state index contributed by atoms with van der Waals surface area (Å²) in [5.74, 6) is -5.62. The van der Waals surface area contributed by atoms with Crippen molar-refractivity contribution < 1.29 is 31.8 Å². The number of hydrogen-bond donors (Lipinski definition) is 2. The molecular weight excluding hydrogens is 529 g/mol. The Morgan fingerprint density at radius 3 is 2.45 bits per heavy atom. The van der Waals surface area contributed by atoms with E-state index in [1.165, 1.54) is 42.3 Å². The van der Waals surface area contributed by atoms with E-state index < -0.39 is 54.7 Å². The highest BCUT2D eigenvalue weighted by molar-refractivity contribution is 5.85. The number of unbranched alkanes of at least 4 members (excludes halogenated alkanes) is 1. The number of alkyl halides is 2. The number of aliphatic hydroxyl groups is 1. The zero-order valence-electron chi connectivity index (χ0n) is 23.0. The van der Waals surface area contributed by atoms with Gasteiger partial charge in [-0.2, -0.15) is 0 Å². The molecule has 0 radical (unpaired) electrons. The van der Waals surface area contributed by atoms with Gasteiger partial charge in [0.25, 0.3) is 5.92 Å². The first-order valence-corrected chi connectivity index (χ1v) is 13.8. The van der Waals surface area contributed by atoms with Crippen molar-refractivity contribution in [1.29, 1.82) is 0 Å². The van der Waals surface area contributed by atoms with Crippen LogP contribution in [-0.4, -0.2) is 71.8 Å². The topological polar surface area (TPSA) is 51.7 Å². The summed E-state index contributed by atoms with van der Waals surface area (Å²) in [4.78, 5) is 6.73. The molecule has 5 rings (SSSR count). The fourth-order valence-corrected chi connectivity index (χ4v) is 6.40. The number of H-pyrrole nitrogens is 1. The van der Waals surface area contributed by atoms with Gasteiger partial charge in [-0.3, -0.25) is 4.90 Å². The minimum Gasteiger partial charge on any atom is -0.390 e. The van der Waals surface area contributed by atoms with E-state index in [1.807, 2.05) is 0 Å². The van der Waals surface area contributed by atoms with Crippen LogP contribution in [0.15, 0.2) is 30.3 Å². The highest BCUT2D eigenvalue weighted by Crippen LogP contribution is 2.44. The first-order valence-electron chi connectivity index (χ1n) is 13.8. The average molecular weight is 566 g/mol. The smallest absolute Gasteiger partial charge is 0.283 e. The number of methoxy groups -OCH3 is 1. The van der Waals surface area contributed by atoms with E-state index in [-0.39, 0.29) is 17.9 Å². The lowest BCUT2D eigenvalue weighted by Gasteiger charge is -2.43. The molecule has 0 saturated carbocycles. The number of fused-ring (bicyclic) bond motifs is 3. The number of nitrogens with one attached hydrogen (secondary N) is 1. The quantitative estimate of drug-likeness (QED) is 0.298. The minimum atomic E-state index is -3.50. The highest BCUT2D eigenvalue weighted by Gasteiger charge is 2.44. The lowest BCUT2D eigenvalue weighted by molar-refractivity contribution is -0.0869. The maximum absolute atomic E-state index is 16.0. The van der Waals surface area contributed by atoms with Crippen molar-refractivity contribution >= 4 is 10.9 Å². The van der Waals surface area contributed by atoms with E-state index in [1.54, 1.807) is 6.92 Å². The number of aromatic nitrogens is 1. The summed E-state index contributed by atoms with van der Waals surface area (Å²) in [6.07, 6.45) is 1.92. The lowest BCUT2D eigenvalue weighted by atomic mass is 9.85. The summed E-state index contributed by atoms with van der Waals surface area (Å²) in [7, 11) is 1.51. The van der Waals surface area contributed by atoms with Crippen molar-refractivity contribution in [3.05, 3.63) is 70.2 Å². The summed E-state index contributed by atoms with van der Waals surface area (Å²) >= 11 is 0. The van der Waals surface area contributed by atoms with Crippen LogP contribution in [-0.2, 0) is 11.2 Å². The Balaban J connectivity index is 1.56. The van der Waals surface area contributed by atoms with E-state index in [2.05, 4.69) is 16.8 Å². The molecular formula is C30H36F5N3O2. The molecule has 2 aliphatic rings. The van der Waals surface area contributed by atoms with Crippen LogP contribution in [0.3, 0.4) is 0 Å². The van der Waals surface area contributed by atoms with Crippen LogP contribution in [0.25, 0.3) is 10.9 Å². The third-order valence-electron chi connectivity index (χ3n) is 8.42. The number of rotatable bonds is 10. The van der Waals surface area contributed by atoms with Crippen LogP contribution in [0.4, 0.5) is 22.0 Å². The standard InChI is InChI=1S/C30H36F5N3O2/c1-4-5-8-37-13-19(14-37)29(40-3)18-10-23(32)26(24(33)11-18)28-27-22(21-12-20(31)6-7-25(21)36-27)9-17(2)38(28)15-30(34,35)16-39/h6-7,10-12,17,19,28-29,36,39H,4-5,8-9,13-16H2,1-3H3/t17-,28-,29-/m1/s1. The van der Waals surface area contributed by atoms with Gasteiger partial charge in [-0.25, -0.2) is 22.0 Å². The largest absolute Gasteiger partial charge is 0.390 e. The molecule has 40 heavy (non-hydrogen) atoms. The number of nitrogens with zero attached hydrogens (tertiary/aromatic N) is 2. The summed E-state index contributed by atoms with van der Waals surface area (Å²) < 4.78 is 80.9. The van der Waals surface area contributed by atoms with Gasteiger partial charge < -0.3 is 19.7 Å². The highest BCUT2D eigenvalue weighted by atomic mass is 19.3. The fourth-order valence-electron chi connectivity index (χ4n) is 6.40. The molecule has 218 valence electrons. The first kappa shape index (κ1) is 29.0. The normalized spacial score (nSPS) is 21.5. The Morgan fingerprint density at radius 1 is 1.12 bits per heavy atom. The zero-order chi connectivity index (χ0) is 28.8. The molecule has 0 bridgehead atoms.